The minimum absolute atomic E-state index is 0. The highest BCUT2D eigenvalue weighted by Gasteiger charge is 2.26. The van der Waals surface area contributed by atoms with E-state index in [9.17, 15) is 5.11 Å². The summed E-state index contributed by atoms with van der Waals surface area (Å²) in [4.78, 5) is 0. The summed E-state index contributed by atoms with van der Waals surface area (Å²) in [6.45, 7) is 3.45. The molecule has 0 spiro atoms. The van der Waals surface area contributed by atoms with Gasteiger partial charge in [0.05, 0.1) is 11.8 Å². The van der Waals surface area contributed by atoms with Gasteiger partial charge in [0.25, 0.3) is 0 Å². The van der Waals surface area contributed by atoms with Crippen molar-refractivity contribution in [2.45, 2.75) is 19.4 Å². The maximum Gasteiger partial charge on any atom is 0.137 e. The molecule has 0 aromatic carbocycles. The van der Waals surface area contributed by atoms with E-state index in [0.717, 1.165) is 24.4 Å². The summed E-state index contributed by atoms with van der Waals surface area (Å²) < 4.78 is 5.09. The van der Waals surface area contributed by atoms with Crippen LogP contribution in [0.3, 0.4) is 0 Å². The van der Waals surface area contributed by atoms with Crippen molar-refractivity contribution >= 4 is 12.4 Å². The minimum Gasteiger partial charge on any atom is -0.391 e. The Morgan fingerprint density at radius 2 is 2.43 bits per heavy atom. The summed E-state index contributed by atoms with van der Waals surface area (Å²) in [6, 6.07) is 1.92. The number of aliphatic hydroxyl groups is 1. The Hall–Kier alpha value is -0.580. The number of nitrogens with one attached hydrogen (secondary N) is 1. The molecule has 4 nitrogen and oxygen atoms in total. The highest BCUT2D eigenvalue weighted by atomic mass is 35.5. The third kappa shape index (κ3) is 2.47. The van der Waals surface area contributed by atoms with Gasteiger partial charge in [0.2, 0.25) is 0 Å². The lowest BCUT2D eigenvalue weighted by atomic mass is 10.0. The van der Waals surface area contributed by atoms with Crippen LogP contribution in [0.25, 0.3) is 0 Å². The molecule has 2 rings (SSSR count). The molecule has 1 aliphatic heterocycles. The first kappa shape index (κ1) is 11.5. The highest BCUT2D eigenvalue weighted by Crippen LogP contribution is 2.16. The Morgan fingerprint density at radius 3 is 2.93 bits per heavy atom. The molecular weight excluding hydrogens is 204 g/mol. The molecule has 0 amide bonds. The molecule has 1 saturated heterocycles. The average Bonchev–Trinajstić information content (AvgIpc) is 2.64. The second-order valence-electron chi connectivity index (χ2n) is 3.62. The Kier molecular flexibility index (Phi) is 3.92. The highest BCUT2D eigenvalue weighted by molar-refractivity contribution is 5.85. The molecule has 1 fully saturated rings. The van der Waals surface area contributed by atoms with Crippen LogP contribution in [0.5, 0.6) is 0 Å². The molecular formula is C9H15ClN2O2. The third-order valence-electron chi connectivity index (χ3n) is 2.44. The maximum atomic E-state index is 9.53. The van der Waals surface area contributed by atoms with Gasteiger partial charge in [-0.15, -0.1) is 12.4 Å². The van der Waals surface area contributed by atoms with Crippen LogP contribution >= 0.6 is 12.4 Å². The Bertz CT molecular complexity index is 290. The van der Waals surface area contributed by atoms with Gasteiger partial charge in [-0.1, -0.05) is 5.16 Å². The molecule has 14 heavy (non-hydrogen) atoms. The lowest BCUT2D eigenvalue weighted by Gasteiger charge is -2.09. The van der Waals surface area contributed by atoms with E-state index >= 15 is 0 Å². The number of nitrogens with zero attached hydrogens (tertiary/aromatic N) is 1. The fraction of sp³-hybridized carbons (Fsp3) is 0.667. The van der Waals surface area contributed by atoms with Crippen molar-refractivity contribution in [2.75, 3.05) is 13.1 Å². The van der Waals surface area contributed by atoms with E-state index in [-0.39, 0.29) is 24.4 Å². The fourth-order valence-corrected chi connectivity index (χ4v) is 1.70. The fourth-order valence-electron chi connectivity index (χ4n) is 1.70. The van der Waals surface area contributed by atoms with Crippen LogP contribution in [0.15, 0.2) is 10.6 Å². The van der Waals surface area contributed by atoms with Gasteiger partial charge in [-0.2, -0.15) is 0 Å². The molecule has 2 N–H and O–H groups in total. The Morgan fingerprint density at radius 1 is 1.64 bits per heavy atom. The summed E-state index contributed by atoms with van der Waals surface area (Å²) in [6.07, 6.45) is 0.528. The normalized spacial score (nSPS) is 26.1. The first-order valence-electron chi connectivity index (χ1n) is 4.56. The summed E-state index contributed by atoms with van der Waals surface area (Å²) in [7, 11) is 0. The number of halogens is 1. The van der Waals surface area contributed by atoms with Crippen LogP contribution < -0.4 is 5.32 Å². The summed E-state index contributed by atoms with van der Waals surface area (Å²) >= 11 is 0. The molecule has 0 unspecified atom stereocenters. The van der Waals surface area contributed by atoms with Gasteiger partial charge in [0.1, 0.15) is 5.76 Å². The van der Waals surface area contributed by atoms with E-state index in [4.69, 9.17) is 4.52 Å². The van der Waals surface area contributed by atoms with E-state index in [1.54, 1.807) is 0 Å². The van der Waals surface area contributed by atoms with Crippen molar-refractivity contribution in [3.8, 4) is 0 Å². The van der Waals surface area contributed by atoms with E-state index in [1.807, 2.05) is 13.0 Å². The lowest BCUT2D eigenvalue weighted by Crippen LogP contribution is -2.19. The van der Waals surface area contributed by atoms with Gasteiger partial charge in [0, 0.05) is 31.5 Å². The van der Waals surface area contributed by atoms with Crippen LogP contribution in [0, 0.1) is 12.8 Å². The smallest absolute Gasteiger partial charge is 0.137 e. The number of aryl methyl sites for hydroxylation is 1. The van der Waals surface area contributed by atoms with E-state index in [1.165, 1.54) is 0 Å². The van der Waals surface area contributed by atoms with Crippen LogP contribution in [-0.2, 0) is 6.42 Å². The van der Waals surface area contributed by atoms with E-state index in [0.29, 0.717) is 6.54 Å². The zero-order chi connectivity index (χ0) is 9.26. The van der Waals surface area contributed by atoms with Crippen molar-refractivity contribution in [1.82, 2.24) is 10.5 Å². The molecule has 1 aromatic rings. The zero-order valence-corrected chi connectivity index (χ0v) is 8.88. The van der Waals surface area contributed by atoms with Crippen LogP contribution in [-0.4, -0.2) is 29.5 Å². The van der Waals surface area contributed by atoms with Crippen molar-refractivity contribution in [3.05, 3.63) is 17.5 Å². The molecule has 0 aliphatic carbocycles. The Labute approximate surface area is 89.1 Å². The molecule has 0 radical (unpaired) electrons. The van der Waals surface area contributed by atoms with Crippen molar-refractivity contribution in [3.63, 3.8) is 0 Å². The standard InChI is InChI=1S/C9H14N2O2.ClH/c1-6-2-8(13-11-6)3-7-4-10-5-9(7)12;/h2,7,9-10,12H,3-5H2,1H3;1H/t7-,9+;/m1./s1. The van der Waals surface area contributed by atoms with Crippen molar-refractivity contribution < 1.29 is 9.63 Å². The molecule has 1 aromatic heterocycles. The predicted molar refractivity (Wildman–Crippen MR) is 54.6 cm³/mol. The van der Waals surface area contributed by atoms with Gasteiger partial charge < -0.3 is 14.9 Å². The summed E-state index contributed by atoms with van der Waals surface area (Å²) in [5.74, 6) is 1.14. The van der Waals surface area contributed by atoms with Crippen LogP contribution in [0.1, 0.15) is 11.5 Å². The Balaban J connectivity index is 0.000000980. The topological polar surface area (TPSA) is 58.3 Å². The number of hydrogen-bond acceptors (Lipinski definition) is 4. The monoisotopic (exact) mass is 218 g/mol. The van der Waals surface area contributed by atoms with Gasteiger partial charge in [-0.3, -0.25) is 0 Å². The van der Waals surface area contributed by atoms with Gasteiger partial charge >= 0.3 is 0 Å². The van der Waals surface area contributed by atoms with Crippen molar-refractivity contribution in [1.29, 1.82) is 0 Å². The average molecular weight is 219 g/mol. The van der Waals surface area contributed by atoms with Gasteiger partial charge in [-0.05, 0) is 6.92 Å². The SMILES string of the molecule is Cc1cc(C[C@@H]2CNC[C@@H]2O)on1.Cl. The second-order valence-corrected chi connectivity index (χ2v) is 3.62. The zero-order valence-electron chi connectivity index (χ0n) is 8.06. The number of aliphatic hydroxyl groups excluding tert-OH is 1. The third-order valence-corrected chi connectivity index (χ3v) is 2.44. The predicted octanol–water partition coefficient (Wildman–Crippen LogP) is 0.528. The van der Waals surface area contributed by atoms with Crippen LogP contribution in [0.2, 0.25) is 0 Å². The van der Waals surface area contributed by atoms with Gasteiger partial charge in [0.15, 0.2) is 0 Å². The largest absolute Gasteiger partial charge is 0.391 e. The first-order valence-corrected chi connectivity index (χ1v) is 4.56. The molecule has 80 valence electrons. The number of hydrogen-bond donors (Lipinski definition) is 2. The summed E-state index contributed by atoms with van der Waals surface area (Å²) in [5, 5.41) is 16.5. The minimum atomic E-state index is -0.245. The number of rotatable bonds is 2. The molecule has 5 heteroatoms. The molecule has 2 heterocycles. The first-order chi connectivity index (χ1) is 6.25. The number of β-amino-alcohol motifs (C(OH)–C–C–N with tert-alkyl or cyclic N) is 1. The van der Waals surface area contributed by atoms with Crippen molar-refractivity contribution in [2.24, 2.45) is 5.92 Å². The molecule has 1 aliphatic rings. The molecule has 0 bridgehead atoms. The molecule has 2 atom stereocenters. The van der Waals surface area contributed by atoms with E-state index < -0.39 is 0 Å². The number of aromatic nitrogens is 1. The summed E-state index contributed by atoms with van der Waals surface area (Å²) in [5.41, 5.74) is 0.899. The molecule has 0 saturated carbocycles. The lowest BCUT2D eigenvalue weighted by molar-refractivity contribution is 0.143. The second kappa shape index (κ2) is 4.77. The van der Waals surface area contributed by atoms with E-state index in [2.05, 4.69) is 10.5 Å². The van der Waals surface area contributed by atoms with Gasteiger partial charge in [-0.25, -0.2) is 0 Å². The quantitative estimate of drug-likeness (QED) is 0.760. The maximum absolute atomic E-state index is 9.53. The van der Waals surface area contributed by atoms with Crippen LogP contribution in [0.4, 0.5) is 0 Å².